The quantitative estimate of drug-likeness (QED) is 0.408. The molecule has 0 aliphatic carbocycles. The molecule has 0 radical (unpaired) electrons. The number of rotatable bonds is 13. The minimum atomic E-state index is -0.962. The van der Waals surface area contributed by atoms with Crippen LogP contribution in [-0.4, -0.2) is 53.1 Å². The van der Waals surface area contributed by atoms with Crippen LogP contribution in [0, 0.1) is 5.92 Å². The molecule has 0 spiro atoms. The highest BCUT2D eigenvalue weighted by molar-refractivity contribution is 6.01. The number of cyclic esters (lactones) is 1. The van der Waals surface area contributed by atoms with Crippen LogP contribution in [0.15, 0.2) is 54.3 Å². The number of ether oxygens (including phenoxy) is 2. The Balaban J connectivity index is 1.52. The maximum Gasteiger partial charge on any atom is 0.416 e. The van der Waals surface area contributed by atoms with Crippen molar-refractivity contribution in [2.24, 2.45) is 5.92 Å². The lowest BCUT2D eigenvalue weighted by atomic mass is 9.96. The van der Waals surface area contributed by atoms with E-state index in [2.05, 4.69) is 0 Å². The van der Waals surface area contributed by atoms with Crippen LogP contribution in [0.2, 0.25) is 0 Å². The van der Waals surface area contributed by atoms with Gasteiger partial charge in [0.2, 0.25) is 5.91 Å². The molecule has 1 N–H and O–H groups in total. The first-order valence-corrected chi connectivity index (χ1v) is 12.7. The van der Waals surface area contributed by atoms with Crippen molar-refractivity contribution in [2.75, 3.05) is 13.2 Å². The number of nitrogens with zero attached hydrogens (tertiary/aromatic N) is 1. The van der Waals surface area contributed by atoms with E-state index in [-0.39, 0.29) is 19.0 Å². The number of aliphatic hydroxyl groups excluding tert-OH is 1. The van der Waals surface area contributed by atoms with Crippen molar-refractivity contribution in [3.05, 3.63) is 59.9 Å². The fourth-order valence-corrected chi connectivity index (χ4v) is 4.47. The molecule has 1 saturated heterocycles. The summed E-state index contributed by atoms with van der Waals surface area (Å²) >= 11 is 0. The number of imide groups is 1. The average molecular weight is 484 g/mol. The van der Waals surface area contributed by atoms with Crippen molar-refractivity contribution in [1.29, 1.82) is 0 Å². The summed E-state index contributed by atoms with van der Waals surface area (Å²) < 4.78 is 11.1. The number of aliphatic hydroxyl groups is 1. The summed E-state index contributed by atoms with van der Waals surface area (Å²) in [6.45, 7) is 2.03. The second-order valence-electron chi connectivity index (χ2n) is 9.29. The van der Waals surface area contributed by atoms with Crippen molar-refractivity contribution in [1.82, 2.24) is 4.90 Å². The Morgan fingerprint density at radius 1 is 1.06 bits per heavy atom. The van der Waals surface area contributed by atoms with E-state index in [0.717, 1.165) is 55.4 Å². The van der Waals surface area contributed by atoms with Gasteiger partial charge in [-0.1, -0.05) is 62.4 Å². The predicted octanol–water partition coefficient (Wildman–Crippen LogP) is 4.73. The molecule has 190 valence electrons. The molecule has 3 atom stereocenters. The highest BCUT2D eigenvalue weighted by Crippen LogP contribution is 2.26. The van der Waals surface area contributed by atoms with E-state index in [1.807, 2.05) is 36.4 Å². The maximum absolute atomic E-state index is 13.3. The molecule has 0 saturated carbocycles. The first-order valence-electron chi connectivity index (χ1n) is 12.7. The van der Waals surface area contributed by atoms with Crippen LogP contribution in [-0.2, 0) is 25.5 Å². The van der Waals surface area contributed by atoms with Crippen molar-refractivity contribution in [2.45, 2.75) is 76.9 Å². The van der Waals surface area contributed by atoms with Gasteiger partial charge >= 0.3 is 6.09 Å². The third-order valence-electron chi connectivity index (χ3n) is 6.52. The highest BCUT2D eigenvalue weighted by Gasteiger charge is 2.43. The zero-order chi connectivity index (χ0) is 25.0. The Morgan fingerprint density at radius 2 is 1.74 bits per heavy atom. The molecule has 1 fully saturated rings. The van der Waals surface area contributed by atoms with Crippen molar-refractivity contribution >= 4 is 17.8 Å². The minimum absolute atomic E-state index is 0.137. The lowest BCUT2D eigenvalue weighted by Crippen LogP contribution is -2.48. The molecule has 7 nitrogen and oxygen atoms in total. The standard InChI is InChI=1S/C28H37NO6/c1-21(27(32)29-23(20-34-28(29)33)19-22-13-9-8-10-14-22)26-25(31)17-16-24(35-26)15-11-6-4-2-3-5-7-12-18-30/h8-10,13-17,21,23,26,30H,2-7,11-12,18-20H2,1H3/t21-,23-,26-/m1/s1. The van der Waals surface area contributed by atoms with Crippen LogP contribution < -0.4 is 0 Å². The molecule has 2 aliphatic heterocycles. The van der Waals surface area contributed by atoms with Gasteiger partial charge < -0.3 is 14.6 Å². The second-order valence-corrected chi connectivity index (χ2v) is 9.29. The lowest BCUT2D eigenvalue weighted by Gasteiger charge is -2.29. The zero-order valence-electron chi connectivity index (χ0n) is 20.6. The molecule has 0 aromatic heterocycles. The molecule has 2 aliphatic rings. The molecule has 1 aromatic rings. The van der Waals surface area contributed by atoms with Crippen LogP contribution in [0.3, 0.4) is 0 Å². The van der Waals surface area contributed by atoms with Gasteiger partial charge in [-0.25, -0.2) is 9.69 Å². The SMILES string of the molecule is C[C@@H](C(=O)N1C(=O)OC[C@H]1Cc1ccccc1)[C@H]1OC(=CCCCCCCCCCO)C=CC1=O. The second kappa shape index (κ2) is 13.8. The van der Waals surface area contributed by atoms with E-state index < -0.39 is 30.1 Å². The molecule has 0 unspecified atom stereocenters. The van der Waals surface area contributed by atoms with Crippen LogP contribution in [0.5, 0.6) is 0 Å². The highest BCUT2D eigenvalue weighted by atomic mass is 16.6. The number of hydrogen-bond acceptors (Lipinski definition) is 6. The van der Waals surface area contributed by atoms with E-state index in [1.54, 1.807) is 13.0 Å². The van der Waals surface area contributed by atoms with Crippen LogP contribution in [0.1, 0.15) is 63.9 Å². The first kappa shape index (κ1) is 26.7. The molecule has 1 aromatic carbocycles. The summed E-state index contributed by atoms with van der Waals surface area (Å²) in [4.78, 5) is 39.3. The Hall–Kier alpha value is -2.93. The zero-order valence-corrected chi connectivity index (χ0v) is 20.6. The number of allylic oxidation sites excluding steroid dienone is 2. The monoisotopic (exact) mass is 483 g/mol. The summed E-state index contributed by atoms with van der Waals surface area (Å²) in [5, 5.41) is 8.81. The summed E-state index contributed by atoms with van der Waals surface area (Å²) in [6.07, 6.45) is 12.3. The van der Waals surface area contributed by atoms with E-state index in [1.165, 1.54) is 12.5 Å². The number of amides is 2. The first-order chi connectivity index (χ1) is 17.0. The Morgan fingerprint density at radius 3 is 2.46 bits per heavy atom. The molecular formula is C28H37NO6. The van der Waals surface area contributed by atoms with Gasteiger partial charge in [-0.05, 0) is 56.4 Å². The van der Waals surface area contributed by atoms with Gasteiger partial charge in [-0.3, -0.25) is 9.59 Å². The van der Waals surface area contributed by atoms with Gasteiger partial charge in [0.05, 0.1) is 12.0 Å². The average Bonchev–Trinajstić information content (AvgIpc) is 3.23. The van der Waals surface area contributed by atoms with Gasteiger partial charge in [0.1, 0.15) is 12.4 Å². The van der Waals surface area contributed by atoms with Crippen LogP contribution in [0.4, 0.5) is 4.79 Å². The van der Waals surface area contributed by atoms with Gasteiger partial charge in [0.25, 0.3) is 0 Å². The molecule has 2 heterocycles. The Bertz CT molecular complexity index is 909. The smallest absolute Gasteiger partial charge is 0.416 e. The van der Waals surface area contributed by atoms with Gasteiger partial charge in [-0.2, -0.15) is 0 Å². The molecule has 35 heavy (non-hydrogen) atoms. The van der Waals surface area contributed by atoms with Gasteiger partial charge in [0.15, 0.2) is 11.9 Å². The summed E-state index contributed by atoms with van der Waals surface area (Å²) in [6, 6.07) is 9.22. The van der Waals surface area contributed by atoms with E-state index >= 15 is 0 Å². The number of hydrogen-bond donors (Lipinski definition) is 1. The molecule has 3 rings (SSSR count). The van der Waals surface area contributed by atoms with Crippen molar-refractivity contribution in [3.63, 3.8) is 0 Å². The summed E-state index contributed by atoms with van der Waals surface area (Å²) in [5.41, 5.74) is 1.00. The molecule has 2 amide bonds. The summed E-state index contributed by atoms with van der Waals surface area (Å²) in [5.74, 6) is -0.971. The third kappa shape index (κ3) is 7.79. The topological polar surface area (TPSA) is 93.1 Å². The van der Waals surface area contributed by atoms with Crippen molar-refractivity contribution in [3.8, 4) is 0 Å². The third-order valence-corrected chi connectivity index (χ3v) is 6.52. The van der Waals surface area contributed by atoms with E-state index in [9.17, 15) is 14.4 Å². The molecule has 0 bridgehead atoms. The Labute approximate surface area is 207 Å². The number of ketones is 1. The largest absolute Gasteiger partial charge is 0.482 e. The number of carbonyl (C=O) groups excluding carboxylic acids is 3. The summed E-state index contributed by atoms with van der Waals surface area (Å²) in [7, 11) is 0. The molecule has 7 heteroatoms. The van der Waals surface area contributed by atoms with Gasteiger partial charge in [-0.15, -0.1) is 0 Å². The maximum atomic E-state index is 13.3. The fraction of sp³-hybridized carbons (Fsp3) is 0.536. The van der Waals surface area contributed by atoms with Crippen LogP contribution >= 0.6 is 0 Å². The van der Waals surface area contributed by atoms with E-state index in [4.69, 9.17) is 14.6 Å². The predicted molar refractivity (Wildman–Crippen MR) is 132 cm³/mol. The normalized spacial score (nSPS) is 21.8. The minimum Gasteiger partial charge on any atom is -0.482 e. The van der Waals surface area contributed by atoms with E-state index in [0.29, 0.717) is 12.2 Å². The van der Waals surface area contributed by atoms with Gasteiger partial charge in [0, 0.05) is 6.61 Å². The van der Waals surface area contributed by atoms with Crippen LogP contribution in [0.25, 0.3) is 0 Å². The Kier molecular flexibility index (Phi) is 10.5. The fourth-order valence-electron chi connectivity index (χ4n) is 4.47. The number of carbonyl (C=O) groups is 3. The molecular weight excluding hydrogens is 446 g/mol. The van der Waals surface area contributed by atoms with Crippen molar-refractivity contribution < 1.29 is 29.0 Å². The number of unbranched alkanes of at least 4 members (excludes halogenated alkanes) is 7. The lowest BCUT2D eigenvalue weighted by molar-refractivity contribution is -0.142. The number of benzene rings is 1.